The summed E-state index contributed by atoms with van der Waals surface area (Å²) in [6, 6.07) is 0.205. The van der Waals surface area contributed by atoms with E-state index in [0.717, 1.165) is 12.1 Å². The number of rotatable bonds is 4. The number of aliphatic imine (C=N–C) groups is 1. The van der Waals surface area contributed by atoms with E-state index in [4.69, 9.17) is 18.9 Å². The molecule has 0 spiro atoms. The van der Waals surface area contributed by atoms with E-state index < -0.39 is 65.8 Å². The smallest absolute Gasteiger partial charge is 0.311 e. The molecule has 3 rings (SSSR count). The number of aliphatic hydroxyl groups excluding tert-OH is 1. The standard InChI is InChI=1S/C29H52N2O8/c1-11-20-29(7,35)25-17(4)22(30-8)15(2)14-28(6,34)26(24(39-25)23(32)18(5)27(33)37-20)38-21-13-19(31(9)10)12-16(3)36-21/h15-21,23-26,32,34-35H,11-14H2,1-10H3/b30-22+/t15-,16?,17-,18?,19?,20?,21?,23-,24+,25?,26?,28+,29?/m0/s1. The molecule has 3 fully saturated rings. The van der Waals surface area contributed by atoms with E-state index >= 15 is 0 Å². The molecule has 0 saturated carbocycles. The van der Waals surface area contributed by atoms with Gasteiger partial charge in [-0.2, -0.15) is 0 Å². The Morgan fingerprint density at radius 1 is 1.08 bits per heavy atom. The largest absolute Gasteiger partial charge is 0.459 e. The summed E-state index contributed by atoms with van der Waals surface area (Å²) >= 11 is 0. The van der Waals surface area contributed by atoms with Crippen LogP contribution in [-0.4, -0.2) is 113 Å². The fourth-order valence-corrected chi connectivity index (χ4v) is 6.92. The second kappa shape index (κ2) is 12.4. The Hall–Kier alpha value is -1.14. The van der Waals surface area contributed by atoms with Crippen LogP contribution in [0.3, 0.4) is 0 Å². The zero-order valence-corrected chi connectivity index (χ0v) is 25.5. The number of cyclic esters (lactones) is 1. The number of hydrogen-bond acceptors (Lipinski definition) is 10. The van der Waals surface area contributed by atoms with Gasteiger partial charge in [0.1, 0.15) is 23.9 Å². The van der Waals surface area contributed by atoms with Gasteiger partial charge in [-0.3, -0.25) is 9.79 Å². The summed E-state index contributed by atoms with van der Waals surface area (Å²) in [7, 11) is 5.72. The van der Waals surface area contributed by atoms with Gasteiger partial charge in [0, 0.05) is 31.1 Å². The van der Waals surface area contributed by atoms with Crippen LogP contribution in [0.25, 0.3) is 0 Å². The van der Waals surface area contributed by atoms with Gasteiger partial charge >= 0.3 is 5.97 Å². The van der Waals surface area contributed by atoms with E-state index in [2.05, 4.69) is 9.89 Å². The van der Waals surface area contributed by atoms with Gasteiger partial charge < -0.3 is 39.2 Å². The van der Waals surface area contributed by atoms with Crippen LogP contribution >= 0.6 is 0 Å². The van der Waals surface area contributed by atoms with E-state index in [9.17, 15) is 20.1 Å². The first kappa shape index (κ1) is 32.4. The molecule has 3 saturated heterocycles. The van der Waals surface area contributed by atoms with Crippen LogP contribution in [0.5, 0.6) is 0 Å². The van der Waals surface area contributed by atoms with Gasteiger partial charge in [0.05, 0.1) is 29.8 Å². The summed E-state index contributed by atoms with van der Waals surface area (Å²) in [5.41, 5.74) is -2.35. The normalized spacial score (nSPS) is 49.3. The highest BCUT2D eigenvalue weighted by molar-refractivity contribution is 5.89. The Labute approximate surface area is 234 Å². The third-order valence-electron chi connectivity index (χ3n) is 9.18. The minimum Gasteiger partial charge on any atom is -0.459 e. The first-order chi connectivity index (χ1) is 18.0. The number of fused-ring (bicyclic) bond motifs is 2. The van der Waals surface area contributed by atoms with Crippen molar-refractivity contribution in [2.45, 2.75) is 134 Å². The lowest BCUT2D eigenvalue weighted by Gasteiger charge is -2.46. The zero-order valence-electron chi connectivity index (χ0n) is 25.5. The Morgan fingerprint density at radius 2 is 1.72 bits per heavy atom. The van der Waals surface area contributed by atoms with E-state index in [0.29, 0.717) is 12.8 Å². The highest BCUT2D eigenvalue weighted by Crippen LogP contribution is 2.41. The van der Waals surface area contributed by atoms with Crippen molar-refractivity contribution in [1.82, 2.24) is 4.90 Å². The summed E-state index contributed by atoms with van der Waals surface area (Å²) in [6.45, 7) is 12.6. The summed E-state index contributed by atoms with van der Waals surface area (Å²) in [6.07, 6.45) is -4.13. The van der Waals surface area contributed by atoms with Crippen LogP contribution in [0.2, 0.25) is 0 Å². The van der Waals surface area contributed by atoms with Crippen molar-refractivity contribution in [3.8, 4) is 0 Å². The van der Waals surface area contributed by atoms with Crippen LogP contribution < -0.4 is 0 Å². The molecule has 0 amide bonds. The lowest BCUT2D eigenvalue weighted by molar-refractivity contribution is -0.293. The van der Waals surface area contributed by atoms with E-state index in [1.54, 1.807) is 27.8 Å². The average Bonchev–Trinajstić information content (AvgIpc) is 2.88. The molecule has 3 N–H and O–H groups in total. The number of carbonyl (C=O) groups excluding carboxylic acids is 1. The SMILES string of the molecule is CCC1OC(=O)C(C)[C@H](O)[C@H]2OC([C@@H](C)/C(=N/C)[C@@H](C)C[C@@](C)(O)C2OC2CC(N(C)C)CC(C)O2)C1(C)O. The number of aliphatic hydroxyl groups is 3. The molecule has 8 unspecified atom stereocenters. The van der Waals surface area contributed by atoms with E-state index in [1.165, 1.54) is 0 Å². The number of ether oxygens (including phenoxy) is 4. The van der Waals surface area contributed by atoms with Crippen LogP contribution in [-0.2, 0) is 23.7 Å². The molecule has 0 aromatic rings. The molecule has 0 aromatic carbocycles. The molecule has 0 aromatic heterocycles. The molecule has 13 atom stereocenters. The summed E-state index contributed by atoms with van der Waals surface area (Å²) < 4.78 is 25.2. The van der Waals surface area contributed by atoms with Crippen LogP contribution in [0.4, 0.5) is 0 Å². The first-order valence-corrected chi connectivity index (χ1v) is 14.5. The number of nitrogens with zero attached hydrogens (tertiary/aromatic N) is 2. The second-order valence-corrected chi connectivity index (χ2v) is 12.8. The number of carbonyl (C=O) groups is 1. The Morgan fingerprint density at radius 3 is 2.28 bits per heavy atom. The predicted molar refractivity (Wildman–Crippen MR) is 147 cm³/mol. The molecule has 39 heavy (non-hydrogen) atoms. The van der Waals surface area contributed by atoms with Gasteiger partial charge in [-0.25, -0.2) is 0 Å². The molecule has 3 aliphatic heterocycles. The van der Waals surface area contributed by atoms with E-state index in [1.807, 2.05) is 41.8 Å². The summed E-state index contributed by atoms with van der Waals surface area (Å²) in [4.78, 5) is 19.9. The van der Waals surface area contributed by atoms with Gasteiger partial charge in [0.15, 0.2) is 6.29 Å². The highest BCUT2D eigenvalue weighted by atomic mass is 16.7. The van der Waals surface area contributed by atoms with Crippen molar-refractivity contribution in [2.75, 3.05) is 21.1 Å². The topological polar surface area (TPSA) is 130 Å². The molecule has 226 valence electrons. The maximum Gasteiger partial charge on any atom is 0.311 e. The molecule has 10 nitrogen and oxygen atoms in total. The lowest BCUT2D eigenvalue weighted by atomic mass is 9.76. The van der Waals surface area contributed by atoms with Crippen LogP contribution in [0, 0.1) is 17.8 Å². The molecule has 0 radical (unpaired) electrons. The summed E-state index contributed by atoms with van der Waals surface area (Å²) in [5.74, 6) is -2.23. The second-order valence-electron chi connectivity index (χ2n) is 12.8. The van der Waals surface area contributed by atoms with Crippen molar-refractivity contribution in [1.29, 1.82) is 0 Å². The molecule has 3 aliphatic rings. The molecule has 2 bridgehead atoms. The summed E-state index contributed by atoms with van der Waals surface area (Å²) in [5, 5.41) is 35.6. The molecular formula is C29H52N2O8. The van der Waals surface area contributed by atoms with Gasteiger partial charge in [0.2, 0.25) is 0 Å². The Bertz CT molecular complexity index is 877. The lowest BCUT2D eigenvalue weighted by Crippen LogP contribution is -2.61. The Balaban J connectivity index is 2.17. The van der Waals surface area contributed by atoms with Gasteiger partial charge in [-0.1, -0.05) is 20.8 Å². The highest BCUT2D eigenvalue weighted by Gasteiger charge is 2.56. The van der Waals surface area contributed by atoms with Crippen LogP contribution in [0.1, 0.15) is 74.1 Å². The predicted octanol–water partition coefficient (Wildman–Crippen LogP) is 2.16. The monoisotopic (exact) mass is 556 g/mol. The van der Waals surface area contributed by atoms with Crippen molar-refractivity contribution < 1.29 is 39.1 Å². The molecule has 0 aliphatic carbocycles. The Kier molecular flexibility index (Phi) is 10.3. The zero-order chi connectivity index (χ0) is 29.4. The average molecular weight is 557 g/mol. The molecular weight excluding hydrogens is 504 g/mol. The van der Waals surface area contributed by atoms with Crippen molar-refractivity contribution in [3.63, 3.8) is 0 Å². The van der Waals surface area contributed by atoms with Gasteiger partial charge in [-0.15, -0.1) is 0 Å². The maximum absolute atomic E-state index is 13.2. The quantitative estimate of drug-likeness (QED) is 0.446. The van der Waals surface area contributed by atoms with Gasteiger partial charge in [0.25, 0.3) is 0 Å². The third kappa shape index (κ3) is 6.68. The van der Waals surface area contributed by atoms with Crippen LogP contribution in [0.15, 0.2) is 4.99 Å². The molecule has 10 heteroatoms. The fourth-order valence-electron chi connectivity index (χ4n) is 6.92. The van der Waals surface area contributed by atoms with Crippen molar-refractivity contribution in [3.05, 3.63) is 0 Å². The van der Waals surface area contributed by atoms with Crippen molar-refractivity contribution >= 4 is 11.7 Å². The van der Waals surface area contributed by atoms with E-state index in [-0.39, 0.29) is 24.5 Å². The number of hydrogen-bond donors (Lipinski definition) is 3. The van der Waals surface area contributed by atoms with Crippen molar-refractivity contribution in [2.24, 2.45) is 22.7 Å². The first-order valence-electron chi connectivity index (χ1n) is 14.5. The minimum absolute atomic E-state index is 0.0747. The number of esters is 1. The van der Waals surface area contributed by atoms with Gasteiger partial charge in [-0.05, 0) is 67.0 Å². The minimum atomic E-state index is -1.62. The maximum atomic E-state index is 13.2. The fraction of sp³-hybridized carbons (Fsp3) is 0.931. The third-order valence-corrected chi connectivity index (χ3v) is 9.18. The molecule has 3 heterocycles.